The van der Waals surface area contributed by atoms with E-state index in [-0.39, 0.29) is 6.61 Å². The zero-order valence-corrected chi connectivity index (χ0v) is 10.1. The molecule has 0 radical (unpaired) electrons. The predicted molar refractivity (Wildman–Crippen MR) is 67.2 cm³/mol. The molecule has 0 aliphatic carbocycles. The Kier molecular flexibility index (Phi) is 3.66. The minimum Gasteiger partial charge on any atom is -0.496 e. The summed E-state index contributed by atoms with van der Waals surface area (Å²) in [6.45, 7) is 0.640. The number of hydrogen-bond donors (Lipinski definition) is 1. The number of hydrogen-bond acceptors (Lipinski definition) is 3. The molecule has 1 heterocycles. The number of ether oxygens (including phenoxy) is 1. The van der Waals surface area contributed by atoms with Gasteiger partial charge in [-0.15, -0.1) is 0 Å². The number of nitrogens with zero attached hydrogens (tertiary/aromatic N) is 2. The van der Waals surface area contributed by atoms with Gasteiger partial charge in [-0.2, -0.15) is 5.26 Å². The van der Waals surface area contributed by atoms with E-state index in [0.29, 0.717) is 12.1 Å². The summed E-state index contributed by atoms with van der Waals surface area (Å²) in [7, 11) is 1.61. The Labute approximate surface area is 106 Å². The van der Waals surface area contributed by atoms with Crippen molar-refractivity contribution in [3.05, 3.63) is 53.3 Å². The van der Waals surface area contributed by atoms with E-state index in [1.807, 2.05) is 29.1 Å². The zero-order valence-electron chi connectivity index (χ0n) is 10.1. The lowest BCUT2D eigenvalue weighted by Crippen LogP contribution is -2.00. The highest BCUT2D eigenvalue weighted by atomic mass is 16.5. The third-order valence-corrected chi connectivity index (χ3v) is 2.76. The normalized spacial score (nSPS) is 10.1. The Morgan fingerprint density at radius 1 is 1.39 bits per heavy atom. The van der Waals surface area contributed by atoms with E-state index in [2.05, 4.69) is 6.07 Å². The summed E-state index contributed by atoms with van der Waals surface area (Å²) in [5.74, 6) is 0.758. The number of aliphatic hydroxyl groups is 1. The molecule has 2 rings (SSSR count). The van der Waals surface area contributed by atoms with Gasteiger partial charge in [0.05, 0.1) is 31.9 Å². The second-order valence-corrected chi connectivity index (χ2v) is 3.99. The van der Waals surface area contributed by atoms with Crippen LogP contribution < -0.4 is 4.74 Å². The van der Waals surface area contributed by atoms with E-state index in [9.17, 15) is 0 Å². The van der Waals surface area contributed by atoms with Gasteiger partial charge in [0.1, 0.15) is 5.75 Å². The van der Waals surface area contributed by atoms with Gasteiger partial charge >= 0.3 is 0 Å². The van der Waals surface area contributed by atoms with Crippen molar-refractivity contribution < 1.29 is 9.84 Å². The number of methoxy groups -OCH3 is 1. The van der Waals surface area contributed by atoms with Crippen molar-refractivity contribution in [3.8, 4) is 11.8 Å². The van der Waals surface area contributed by atoms with Gasteiger partial charge in [-0.1, -0.05) is 0 Å². The lowest BCUT2D eigenvalue weighted by molar-refractivity contribution is 0.282. The molecule has 1 N–H and O–H groups in total. The molecule has 4 nitrogen and oxygen atoms in total. The molecule has 0 aliphatic rings. The van der Waals surface area contributed by atoms with Crippen LogP contribution in [0.3, 0.4) is 0 Å². The Hall–Kier alpha value is -2.25. The summed E-state index contributed by atoms with van der Waals surface area (Å²) < 4.78 is 7.23. The lowest BCUT2D eigenvalue weighted by atomic mass is 10.1. The van der Waals surface area contributed by atoms with Crippen LogP contribution in [0.4, 0.5) is 0 Å². The molecule has 1 aromatic carbocycles. The molecule has 0 unspecified atom stereocenters. The maximum atomic E-state index is 9.02. The fourth-order valence-electron chi connectivity index (χ4n) is 1.85. The number of aliphatic hydroxyl groups excluding tert-OH is 1. The van der Waals surface area contributed by atoms with E-state index in [0.717, 1.165) is 16.9 Å². The third kappa shape index (κ3) is 2.53. The lowest BCUT2D eigenvalue weighted by Gasteiger charge is -2.09. The Morgan fingerprint density at radius 2 is 2.22 bits per heavy atom. The van der Waals surface area contributed by atoms with Gasteiger partial charge in [-0.05, 0) is 29.8 Å². The molecule has 0 bridgehead atoms. The maximum Gasteiger partial charge on any atom is 0.123 e. The molecule has 0 saturated heterocycles. The van der Waals surface area contributed by atoms with E-state index < -0.39 is 0 Å². The summed E-state index contributed by atoms with van der Waals surface area (Å²) in [5.41, 5.74) is 2.42. The molecular formula is C14H14N2O2. The minimum atomic E-state index is 0.0301. The van der Waals surface area contributed by atoms with Crippen LogP contribution in [0.1, 0.15) is 16.7 Å². The van der Waals surface area contributed by atoms with Crippen LogP contribution in [0.5, 0.6) is 5.75 Å². The van der Waals surface area contributed by atoms with Gasteiger partial charge in [0, 0.05) is 18.0 Å². The fourth-order valence-corrected chi connectivity index (χ4v) is 1.85. The summed E-state index contributed by atoms with van der Waals surface area (Å²) in [6, 6.07) is 9.32. The Morgan fingerprint density at radius 3 is 2.83 bits per heavy atom. The molecule has 1 aromatic heterocycles. The first kappa shape index (κ1) is 12.2. The van der Waals surface area contributed by atoms with Crippen molar-refractivity contribution in [2.24, 2.45) is 0 Å². The second kappa shape index (κ2) is 5.39. The van der Waals surface area contributed by atoms with Crippen LogP contribution in [-0.2, 0) is 13.2 Å². The number of nitriles is 1. The number of aromatic nitrogens is 1. The first-order valence-corrected chi connectivity index (χ1v) is 5.59. The van der Waals surface area contributed by atoms with E-state index in [1.54, 1.807) is 19.2 Å². The van der Waals surface area contributed by atoms with Crippen molar-refractivity contribution >= 4 is 0 Å². The molecule has 0 spiro atoms. The van der Waals surface area contributed by atoms with Crippen molar-refractivity contribution in [2.75, 3.05) is 7.11 Å². The topological polar surface area (TPSA) is 58.2 Å². The van der Waals surface area contributed by atoms with Crippen LogP contribution in [0.25, 0.3) is 0 Å². The molecule has 0 amide bonds. The Balaban J connectivity index is 2.29. The molecule has 2 aromatic rings. The minimum absolute atomic E-state index is 0.0301. The van der Waals surface area contributed by atoms with Crippen LogP contribution in [-0.4, -0.2) is 16.8 Å². The molecular weight excluding hydrogens is 228 g/mol. The molecule has 92 valence electrons. The maximum absolute atomic E-state index is 9.02. The largest absolute Gasteiger partial charge is 0.496 e. The van der Waals surface area contributed by atoms with Crippen LogP contribution >= 0.6 is 0 Å². The van der Waals surface area contributed by atoms with Gasteiger partial charge in [0.15, 0.2) is 0 Å². The molecule has 0 aliphatic heterocycles. The monoisotopic (exact) mass is 242 g/mol. The Bertz CT molecular complexity index is 582. The molecule has 18 heavy (non-hydrogen) atoms. The number of rotatable bonds is 4. The predicted octanol–water partition coefficient (Wildman–Crippen LogP) is 1.91. The standard InChI is InChI=1S/C14H14N2O2/c1-18-14-3-2-11(7-15)6-13(14)9-16-5-4-12(8-16)10-17/h2-6,8,17H,9-10H2,1H3. The first-order valence-electron chi connectivity index (χ1n) is 5.59. The van der Waals surface area contributed by atoms with E-state index in [4.69, 9.17) is 15.1 Å². The SMILES string of the molecule is COc1ccc(C#N)cc1Cn1ccc(CO)c1. The molecule has 0 saturated carbocycles. The summed E-state index contributed by atoms with van der Waals surface area (Å²) >= 11 is 0. The van der Waals surface area contributed by atoms with Gasteiger partial charge < -0.3 is 14.4 Å². The summed E-state index contributed by atoms with van der Waals surface area (Å²) in [4.78, 5) is 0. The van der Waals surface area contributed by atoms with Crippen molar-refractivity contribution in [1.29, 1.82) is 5.26 Å². The average Bonchev–Trinajstić information content (AvgIpc) is 2.86. The van der Waals surface area contributed by atoms with Gasteiger partial charge in [0.25, 0.3) is 0 Å². The summed E-state index contributed by atoms with van der Waals surface area (Å²) in [5, 5.41) is 17.9. The van der Waals surface area contributed by atoms with Gasteiger partial charge in [-0.3, -0.25) is 0 Å². The highest BCUT2D eigenvalue weighted by Crippen LogP contribution is 2.21. The van der Waals surface area contributed by atoms with Gasteiger partial charge in [0.2, 0.25) is 0 Å². The summed E-state index contributed by atoms with van der Waals surface area (Å²) in [6.07, 6.45) is 3.77. The highest BCUT2D eigenvalue weighted by molar-refractivity contribution is 5.42. The van der Waals surface area contributed by atoms with E-state index in [1.165, 1.54) is 0 Å². The van der Waals surface area contributed by atoms with Crippen molar-refractivity contribution in [3.63, 3.8) is 0 Å². The first-order chi connectivity index (χ1) is 8.76. The zero-order chi connectivity index (χ0) is 13.0. The fraction of sp³-hybridized carbons (Fsp3) is 0.214. The van der Waals surface area contributed by atoms with E-state index >= 15 is 0 Å². The van der Waals surface area contributed by atoms with Crippen LogP contribution in [0.2, 0.25) is 0 Å². The average molecular weight is 242 g/mol. The quantitative estimate of drug-likeness (QED) is 0.891. The smallest absolute Gasteiger partial charge is 0.123 e. The van der Waals surface area contributed by atoms with Gasteiger partial charge in [-0.25, -0.2) is 0 Å². The van der Waals surface area contributed by atoms with Crippen molar-refractivity contribution in [1.82, 2.24) is 4.57 Å². The van der Waals surface area contributed by atoms with Crippen LogP contribution in [0.15, 0.2) is 36.7 Å². The molecule has 0 fully saturated rings. The molecule has 4 heteroatoms. The van der Waals surface area contributed by atoms with Crippen molar-refractivity contribution in [2.45, 2.75) is 13.2 Å². The molecule has 0 atom stereocenters. The third-order valence-electron chi connectivity index (χ3n) is 2.76. The second-order valence-electron chi connectivity index (χ2n) is 3.99. The number of benzene rings is 1. The highest BCUT2D eigenvalue weighted by Gasteiger charge is 2.05. The van der Waals surface area contributed by atoms with Crippen LogP contribution in [0, 0.1) is 11.3 Å².